The van der Waals surface area contributed by atoms with Crippen molar-refractivity contribution in [1.29, 1.82) is 0 Å². The van der Waals surface area contributed by atoms with Crippen molar-refractivity contribution in [2.24, 2.45) is 0 Å². The monoisotopic (exact) mass is 262 g/mol. The number of carbonyl (C=O) groups excluding carboxylic acids is 2. The molecule has 0 saturated carbocycles. The smallest absolute Gasteiger partial charge is 0.261 e. The summed E-state index contributed by atoms with van der Waals surface area (Å²) in [6.07, 6.45) is 0. The summed E-state index contributed by atoms with van der Waals surface area (Å²) in [7, 11) is 1.63. The van der Waals surface area contributed by atoms with E-state index < -0.39 is 0 Å². The van der Waals surface area contributed by atoms with E-state index in [1.54, 1.807) is 19.2 Å². The average Bonchev–Trinajstić information content (AvgIpc) is 2.63. The van der Waals surface area contributed by atoms with Crippen molar-refractivity contribution in [1.82, 2.24) is 10.2 Å². The molecule has 1 heterocycles. The lowest BCUT2D eigenvalue weighted by Crippen LogP contribution is -2.37. The second-order valence-electron chi connectivity index (χ2n) is 4.55. The highest BCUT2D eigenvalue weighted by atomic mass is 16.5. The van der Waals surface area contributed by atoms with Gasteiger partial charge in [-0.15, -0.1) is 0 Å². The quantitative estimate of drug-likeness (QED) is 0.609. The number of rotatable bonds is 6. The van der Waals surface area contributed by atoms with Crippen molar-refractivity contribution in [3.8, 4) is 0 Å². The first kappa shape index (κ1) is 13.7. The van der Waals surface area contributed by atoms with Crippen LogP contribution < -0.4 is 5.32 Å². The van der Waals surface area contributed by atoms with Gasteiger partial charge in [0.15, 0.2) is 0 Å². The topological polar surface area (TPSA) is 58.6 Å². The molecular formula is C14H18N2O3. The van der Waals surface area contributed by atoms with Crippen LogP contribution in [0.4, 0.5) is 0 Å². The molecule has 0 aromatic heterocycles. The van der Waals surface area contributed by atoms with Gasteiger partial charge < -0.3 is 10.1 Å². The third kappa shape index (κ3) is 2.83. The lowest BCUT2D eigenvalue weighted by atomic mass is 10.1. The molecule has 5 heteroatoms. The normalized spacial score (nSPS) is 14.1. The molecule has 1 N–H and O–H groups in total. The van der Waals surface area contributed by atoms with E-state index in [-0.39, 0.29) is 11.8 Å². The Hall–Kier alpha value is -1.72. The van der Waals surface area contributed by atoms with Crippen molar-refractivity contribution in [2.45, 2.75) is 6.92 Å². The molecular weight excluding hydrogens is 244 g/mol. The van der Waals surface area contributed by atoms with E-state index in [0.29, 0.717) is 37.4 Å². The fraction of sp³-hybridized carbons (Fsp3) is 0.429. The number of ether oxygens (including phenoxy) is 1. The maximum Gasteiger partial charge on any atom is 0.261 e. The third-order valence-electron chi connectivity index (χ3n) is 3.12. The van der Waals surface area contributed by atoms with Gasteiger partial charge in [-0.2, -0.15) is 0 Å². The van der Waals surface area contributed by atoms with Crippen LogP contribution in [0.3, 0.4) is 0 Å². The number of methoxy groups -OCH3 is 1. The van der Waals surface area contributed by atoms with Gasteiger partial charge in [0, 0.05) is 26.7 Å². The molecule has 1 aromatic carbocycles. The summed E-state index contributed by atoms with van der Waals surface area (Å²) in [6, 6.07) is 5.35. The van der Waals surface area contributed by atoms with Crippen LogP contribution in [0.2, 0.25) is 0 Å². The number of benzene rings is 1. The number of nitrogens with one attached hydrogen (secondary N) is 1. The first-order valence-electron chi connectivity index (χ1n) is 6.31. The Bertz CT molecular complexity index is 499. The molecule has 19 heavy (non-hydrogen) atoms. The van der Waals surface area contributed by atoms with Crippen molar-refractivity contribution in [3.63, 3.8) is 0 Å². The van der Waals surface area contributed by atoms with Gasteiger partial charge >= 0.3 is 0 Å². The Morgan fingerprint density at radius 1 is 1.16 bits per heavy atom. The van der Waals surface area contributed by atoms with Gasteiger partial charge in [0.2, 0.25) is 0 Å². The number of hydrogen-bond acceptors (Lipinski definition) is 4. The van der Waals surface area contributed by atoms with Gasteiger partial charge in [0.1, 0.15) is 0 Å². The van der Waals surface area contributed by atoms with Crippen LogP contribution in [0, 0.1) is 6.92 Å². The van der Waals surface area contributed by atoms with Crippen LogP contribution in [0.1, 0.15) is 26.3 Å². The van der Waals surface area contributed by atoms with Crippen LogP contribution in [0.5, 0.6) is 0 Å². The zero-order chi connectivity index (χ0) is 13.8. The van der Waals surface area contributed by atoms with Crippen LogP contribution in [0.15, 0.2) is 18.2 Å². The van der Waals surface area contributed by atoms with Crippen molar-refractivity contribution in [2.75, 3.05) is 33.4 Å². The minimum Gasteiger partial charge on any atom is -0.383 e. The van der Waals surface area contributed by atoms with E-state index in [1.807, 2.05) is 13.0 Å². The maximum absolute atomic E-state index is 12.1. The molecule has 1 aromatic rings. The standard InChI is InChI=1S/C14H18N2O3/c1-10-3-4-11-12(9-10)14(18)16(13(11)17)7-5-15-6-8-19-2/h3-4,9,15H,5-8H2,1-2H3. The molecule has 0 radical (unpaired) electrons. The summed E-state index contributed by atoms with van der Waals surface area (Å²) in [6.45, 7) is 4.19. The SMILES string of the molecule is COCCNCCN1C(=O)c2ccc(C)cc2C1=O. The molecule has 5 nitrogen and oxygen atoms in total. The number of nitrogens with zero attached hydrogens (tertiary/aromatic N) is 1. The molecule has 2 amide bonds. The fourth-order valence-electron chi connectivity index (χ4n) is 2.10. The fourth-order valence-corrected chi connectivity index (χ4v) is 2.10. The Balaban J connectivity index is 1.98. The molecule has 0 unspecified atom stereocenters. The Morgan fingerprint density at radius 2 is 1.89 bits per heavy atom. The van der Waals surface area contributed by atoms with Crippen molar-refractivity contribution >= 4 is 11.8 Å². The van der Waals surface area contributed by atoms with E-state index >= 15 is 0 Å². The first-order valence-corrected chi connectivity index (χ1v) is 6.31. The third-order valence-corrected chi connectivity index (χ3v) is 3.12. The van der Waals surface area contributed by atoms with E-state index in [4.69, 9.17) is 4.74 Å². The van der Waals surface area contributed by atoms with Crippen LogP contribution in [-0.4, -0.2) is 50.1 Å². The summed E-state index contributed by atoms with van der Waals surface area (Å²) >= 11 is 0. The largest absolute Gasteiger partial charge is 0.383 e. The molecule has 2 rings (SSSR count). The summed E-state index contributed by atoms with van der Waals surface area (Å²) in [5.74, 6) is -0.397. The summed E-state index contributed by atoms with van der Waals surface area (Å²) < 4.78 is 4.91. The molecule has 0 atom stereocenters. The van der Waals surface area contributed by atoms with E-state index in [9.17, 15) is 9.59 Å². The summed E-state index contributed by atoms with van der Waals surface area (Å²) in [4.78, 5) is 25.5. The van der Waals surface area contributed by atoms with Gasteiger partial charge in [-0.1, -0.05) is 11.6 Å². The summed E-state index contributed by atoms with van der Waals surface area (Å²) in [5, 5.41) is 3.12. The van der Waals surface area contributed by atoms with Crippen molar-refractivity contribution < 1.29 is 14.3 Å². The number of amides is 2. The van der Waals surface area contributed by atoms with Gasteiger partial charge in [0.25, 0.3) is 11.8 Å². The minimum atomic E-state index is -0.200. The highest BCUT2D eigenvalue weighted by Gasteiger charge is 2.34. The van der Waals surface area contributed by atoms with E-state index in [0.717, 1.165) is 5.56 Å². The second-order valence-corrected chi connectivity index (χ2v) is 4.55. The first-order chi connectivity index (χ1) is 9.15. The predicted molar refractivity (Wildman–Crippen MR) is 71.3 cm³/mol. The number of fused-ring (bicyclic) bond motifs is 1. The maximum atomic E-state index is 12.1. The molecule has 0 fully saturated rings. The lowest BCUT2D eigenvalue weighted by Gasteiger charge is -2.13. The average molecular weight is 262 g/mol. The van der Waals surface area contributed by atoms with Gasteiger partial charge in [-0.05, 0) is 19.1 Å². The van der Waals surface area contributed by atoms with Gasteiger partial charge in [-0.3, -0.25) is 14.5 Å². The van der Waals surface area contributed by atoms with Crippen LogP contribution >= 0.6 is 0 Å². The highest BCUT2D eigenvalue weighted by molar-refractivity contribution is 6.21. The van der Waals surface area contributed by atoms with Gasteiger partial charge in [-0.25, -0.2) is 0 Å². The molecule has 102 valence electrons. The van der Waals surface area contributed by atoms with E-state index in [2.05, 4.69) is 5.32 Å². The molecule has 0 spiro atoms. The molecule has 1 aliphatic rings. The molecule has 0 aliphatic carbocycles. The lowest BCUT2D eigenvalue weighted by molar-refractivity contribution is 0.0655. The van der Waals surface area contributed by atoms with Gasteiger partial charge in [0.05, 0.1) is 17.7 Å². The highest BCUT2D eigenvalue weighted by Crippen LogP contribution is 2.23. The Kier molecular flexibility index (Phi) is 4.29. The van der Waals surface area contributed by atoms with Crippen molar-refractivity contribution in [3.05, 3.63) is 34.9 Å². The number of carbonyl (C=O) groups is 2. The number of imide groups is 1. The Morgan fingerprint density at radius 3 is 2.63 bits per heavy atom. The predicted octanol–water partition coefficient (Wildman–Crippen LogP) is 0.827. The molecule has 0 bridgehead atoms. The Labute approximate surface area is 112 Å². The zero-order valence-electron chi connectivity index (χ0n) is 11.2. The number of hydrogen-bond donors (Lipinski definition) is 1. The zero-order valence-corrected chi connectivity index (χ0v) is 11.2. The van der Waals surface area contributed by atoms with Crippen LogP contribution in [-0.2, 0) is 4.74 Å². The van der Waals surface area contributed by atoms with Crippen LogP contribution in [0.25, 0.3) is 0 Å². The minimum absolute atomic E-state index is 0.197. The summed E-state index contributed by atoms with van der Waals surface area (Å²) in [5.41, 5.74) is 2.01. The number of aryl methyl sites for hydroxylation is 1. The van der Waals surface area contributed by atoms with E-state index in [1.165, 1.54) is 4.90 Å². The second kappa shape index (κ2) is 5.95. The molecule has 0 saturated heterocycles. The molecule has 1 aliphatic heterocycles.